The number of hydrogen-bond donors (Lipinski definition) is 1. The minimum absolute atomic E-state index is 0.127. The second-order valence-corrected chi connectivity index (χ2v) is 6.32. The van der Waals surface area contributed by atoms with Gasteiger partial charge in [-0.15, -0.1) is 0 Å². The lowest BCUT2D eigenvalue weighted by atomic mass is 10.1. The third-order valence-electron chi connectivity index (χ3n) is 4.59. The van der Waals surface area contributed by atoms with Gasteiger partial charge in [-0.1, -0.05) is 24.3 Å². The molecule has 1 heterocycles. The summed E-state index contributed by atoms with van der Waals surface area (Å²) < 4.78 is 0. The predicted molar refractivity (Wildman–Crippen MR) is 95.0 cm³/mol. The van der Waals surface area contributed by atoms with Crippen molar-refractivity contribution in [2.75, 3.05) is 11.9 Å². The molecule has 0 aliphatic carbocycles. The second kappa shape index (κ2) is 6.87. The third-order valence-corrected chi connectivity index (χ3v) is 4.59. The Hall–Kier alpha value is -2.62. The molecule has 0 unspecified atom stereocenters. The number of nitrogens with zero attached hydrogens (tertiary/aromatic N) is 1. The van der Waals surface area contributed by atoms with Crippen molar-refractivity contribution in [3.05, 3.63) is 64.7 Å². The molecule has 0 saturated carbocycles. The summed E-state index contributed by atoms with van der Waals surface area (Å²) in [5.41, 5.74) is 4.65. The summed E-state index contributed by atoms with van der Waals surface area (Å²) in [6.45, 7) is 5.40. The third kappa shape index (κ3) is 3.48. The highest BCUT2D eigenvalue weighted by Crippen LogP contribution is 2.20. The maximum absolute atomic E-state index is 12.5. The van der Waals surface area contributed by atoms with Crippen LogP contribution in [0.2, 0.25) is 0 Å². The molecule has 1 aliphatic rings. The van der Waals surface area contributed by atoms with Gasteiger partial charge < -0.3 is 10.2 Å². The molecule has 3 rings (SSSR count). The number of nitrogens with one attached hydrogen (secondary N) is 1. The molecule has 2 amide bonds. The van der Waals surface area contributed by atoms with E-state index >= 15 is 0 Å². The minimum Gasteiger partial charge on any atom is -0.338 e. The quantitative estimate of drug-likeness (QED) is 0.933. The van der Waals surface area contributed by atoms with Gasteiger partial charge in [0.05, 0.1) is 0 Å². The Balaban J connectivity index is 1.74. The lowest BCUT2D eigenvalue weighted by Crippen LogP contribution is -2.24. The average Bonchev–Trinajstić information content (AvgIpc) is 2.97. The number of hydrogen-bond acceptors (Lipinski definition) is 2. The summed E-state index contributed by atoms with van der Waals surface area (Å²) in [5, 5.41) is 2.98. The first-order valence-electron chi connectivity index (χ1n) is 8.29. The zero-order chi connectivity index (χ0) is 17.1. The standard InChI is InChI=1S/C20H22N2O2/c1-14-6-3-9-18(15(14)2)21-20(24)17-8-4-7-16(12-17)13-22-11-5-10-19(22)23/h3-4,6-9,12H,5,10-11,13H2,1-2H3,(H,21,24). The Bertz CT molecular complexity index is 783. The molecule has 24 heavy (non-hydrogen) atoms. The van der Waals surface area contributed by atoms with E-state index in [4.69, 9.17) is 0 Å². The molecule has 0 radical (unpaired) electrons. The highest BCUT2D eigenvalue weighted by atomic mass is 16.2. The maximum Gasteiger partial charge on any atom is 0.255 e. The molecule has 2 aromatic rings. The first-order valence-corrected chi connectivity index (χ1v) is 8.29. The van der Waals surface area contributed by atoms with Crippen LogP contribution in [-0.4, -0.2) is 23.3 Å². The number of amides is 2. The van der Waals surface area contributed by atoms with Gasteiger partial charge in [0.15, 0.2) is 0 Å². The van der Waals surface area contributed by atoms with E-state index in [-0.39, 0.29) is 11.8 Å². The van der Waals surface area contributed by atoms with Gasteiger partial charge in [-0.2, -0.15) is 0 Å². The molecule has 0 spiro atoms. The molecule has 4 nitrogen and oxygen atoms in total. The largest absolute Gasteiger partial charge is 0.338 e. The van der Waals surface area contributed by atoms with E-state index in [1.807, 2.05) is 55.1 Å². The number of likely N-dealkylation sites (tertiary alicyclic amines) is 1. The fraction of sp³-hybridized carbons (Fsp3) is 0.300. The molecule has 1 saturated heterocycles. The van der Waals surface area contributed by atoms with Gasteiger partial charge in [-0.3, -0.25) is 9.59 Å². The van der Waals surface area contributed by atoms with Gasteiger partial charge in [0.1, 0.15) is 0 Å². The van der Waals surface area contributed by atoms with Gasteiger partial charge in [0, 0.05) is 30.8 Å². The number of rotatable bonds is 4. The number of benzene rings is 2. The number of carbonyl (C=O) groups is 2. The Morgan fingerprint density at radius 1 is 1.17 bits per heavy atom. The summed E-state index contributed by atoms with van der Waals surface area (Å²) in [4.78, 5) is 26.1. The van der Waals surface area contributed by atoms with Crippen LogP contribution in [0.25, 0.3) is 0 Å². The molecule has 1 N–H and O–H groups in total. The van der Waals surface area contributed by atoms with Crippen LogP contribution in [-0.2, 0) is 11.3 Å². The fourth-order valence-electron chi connectivity index (χ4n) is 2.98. The van der Waals surface area contributed by atoms with E-state index in [1.54, 1.807) is 6.07 Å². The monoisotopic (exact) mass is 322 g/mol. The second-order valence-electron chi connectivity index (χ2n) is 6.32. The van der Waals surface area contributed by atoms with E-state index in [0.717, 1.165) is 35.3 Å². The van der Waals surface area contributed by atoms with Gasteiger partial charge in [-0.25, -0.2) is 0 Å². The van der Waals surface area contributed by atoms with Crippen molar-refractivity contribution in [3.8, 4) is 0 Å². The van der Waals surface area contributed by atoms with Crippen molar-refractivity contribution in [2.24, 2.45) is 0 Å². The zero-order valence-corrected chi connectivity index (χ0v) is 14.1. The Morgan fingerprint density at radius 2 is 1.96 bits per heavy atom. The highest BCUT2D eigenvalue weighted by molar-refractivity contribution is 6.04. The van der Waals surface area contributed by atoms with Crippen molar-refractivity contribution < 1.29 is 9.59 Å². The summed E-state index contributed by atoms with van der Waals surface area (Å²) in [7, 11) is 0. The van der Waals surface area contributed by atoms with Crippen molar-refractivity contribution >= 4 is 17.5 Å². The lowest BCUT2D eigenvalue weighted by molar-refractivity contribution is -0.128. The van der Waals surface area contributed by atoms with Crippen LogP contribution in [0.15, 0.2) is 42.5 Å². The Morgan fingerprint density at radius 3 is 2.71 bits per heavy atom. The van der Waals surface area contributed by atoms with E-state index < -0.39 is 0 Å². The van der Waals surface area contributed by atoms with E-state index in [1.165, 1.54) is 0 Å². The van der Waals surface area contributed by atoms with Crippen LogP contribution in [0.5, 0.6) is 0 Å². The molecule has 4 heteroatoms. The minimum atomic E-state index is -0.127. The molecule has 0 aromatic heterocycles. The number of carbonyl (C=O) groups excluding carboxylic acids is 2. The zero-order valence-electron chi connectivity index (χ0n) is 14.1. The first-order chi connectivity index (χ1) is 11.5. The van der Waals surface area contributed by atoms with Gasteiger partial charge in [0.25, 0.3) is 5.91 Å². The van der Waals surface area contributed by atoms with Crippen LogP contribution in [0.3, 0.4) is 0 Å². The lowest BCUT2D eigenvalue weighted by Gasteiger charge is -2.16. The van der Waals surface area contributed by atoms with Crippen molar-refractivity contribution in [1.82, 2.24) is 4.90 Å². The summed E-state index contributed by atoms with van der Waals surface area (Å²) in [5.74, 6) is 0.0681. The summed E-state index contributed by atoms with van der Waals surface area (Å²) >= 11 is 0. The van der Waals surface area contributed by atoms with Crippen LogP contribution in [0.1, 0.15) is 39.9 Å². The Labute approximate surface area is 142 Å². The average molecular weight is 322 g/mol. The SMILES string of the molecule is Cc1cccc(NC(=O)c2cccc(CN3CCCC3=O)c2)c1C. The van der Waals surface area contributed by atoms with Crippen LogP contribution in [0.4, 0.5) is 5.69 Å². The first kappa shape index (κ1) is 16.2. The predicted octanol–water partition coefficient (Wildman–Crippen LogP) is 3.68. The van der Waals surface area contributed by atoms with Crippen molar-refractivity contribution in [3.63, 3.8) is 0 Å². The number of aryl methyl sites for hydroxylation is 1. The molecule has 2 aromatic carbocycles. The molecular weight excluding hydrogens is 300 g/mol. The molecule has 1 fully saturated rings. The van der Waals surface area contributed by atoms with E-state index in [9.17, 15) is 9.59 Å². The number of anilines is 1. The molecular formula is C20H22N2O2. The summed E-state index contributed by atoms with van der Waals surface area (Å²) in [6, 6.07) is 13.4. The molecule has 0 atom stereocenters. The smallest absolute Gasteiger partial charge is 0.255 e. The van der Waals surface area contributed by atoms with Crippen LogP contribution < -0.4 is 5.32 Å². The highest BCUT2D eigenvalue weighted by Gasteiger charge is 2.20. The topological polar surface area (TPSA) is 49.4 Å². The van der Waals surface area contributed by atoms with Gasteiger partial charge >= 0.3 is 0 Å². The van der Waals surface area contributed by atoms with Gasteiger partial charge in [-0.05, 0) is 55.2 Å². The van der Waals surface area contributed by atoms with Crippen molar-refractivity contribution in [1.29, 1.82) is 0 Å². The molecule has 124 valence electrons. The Kier molecular flexibility index (Phi) is 4.65. The molecule has 0 bridgehead atoms. The van der Waals surface area contributed by atoms with Crippen LogP contribution in [0, 0.1) is 13.8 Å². The molecule has 1 aliphatic heterocycles. The summed E-state index contributed by atoms with van der Waals surface area (Å²) in [6.07, 6.45) is 1.55. The van der Waals surface area contributed by atoms with E-state index in [2.05, 4.69) is 5.32 Å². The maximum atomic E-state index is 12.5. The normalized spacial score (nSPS) is 14.1. The van der Waals surface area contributed by atoms with Gasteiger partial charge in [0.2, 0.25) is 5.91 Å². The van der Waals surface area contributed by atoms with Crippen LogP contribution >= 0.6 is 0 Å². The fourth-order valence-corrected chi connectivity index (χ4v) is 2.98. The van der Waals surface area contributed by atoms with E-state index in [0.29, 0.717) is 18.5 Å². The van der Waals surface area contributed by atoms with Crippen molar-refractivity contribution in [2.45, 2.75) is 33.2 Å².